The van der Waals surface area contributed by atoms with Gasteiger partial charge in [-0.2, -0.15) is 0 Å². The first-order valence-electron chi connectivity index (χ1n) is 5.56. The van der Waals surface area contributed by atoms with E-state index in [0.717, 1.165) is 28.3 Å². The highest BCUT2D eigenvalue weighted by Gasteiger charge is 2.12. The fourth-order valence-corrected chi connectivity index (χ4v) is 1.98. The quantitative estimate of drug-likeness (QED) is 0.850. The van der Waals surface area contributed by atoms with Gasteiger partial charge >= 0.3 is 0 Å². The number of aromatic nitrogens is 2. The first kappa shape index (κ1) is 11.7. The summed E-state index contributed by atoms with van der Waals surface area (Å²) >= 11 is 0. The molecule has 4 heteroatoms. The van der Waals surface area contributed by atoms with Gasteiger partial charge in [-0.15, -0.1) is 0 Å². The number of nitrogens with one attached hydrogen (secondary N) is 1. The van der Waals surface area contributed by atoms with Crippen LogP contribution in [0.3, 0.4) is 0 Å². The Kier molecular flexibility index (Phi) is 3.15. The van der Waals surface area contributed by atoms with Crippen LogP contribution in [0.25, 0.3) is 11.3 Å². The molecular weight excluding hydrogens is 214 g/mol. The Labute approximate surface area is 101 Å². The Morgan fingerprint density at radius 3 is 2.71 bits per heavy atom. The SMILES string of the molecule is COc1ccc(-c2nc[nH]c2CN)c(C)c1C. The minimum Gasteiger partial charge on any atom is -0.496 e. The molecule has 0 unspecified atom stereocenters. The molecule has 0 spiro atoms. The highest BCUT2D eigenvalue weighted by atomic mass is 16.5. The molecule has 0 amide bonds. The largest absolute Gasteiger partial charge is 0.496 e. The maximum absolute atomic E-state index is 5.68. The van der Waals surface area contributed by atoms with E-state index in [1.807, 2.05) is 19.1 Å². The van der Waals surface area contributed by atoms with E-state index in [9.17, 15) is 0 Å². The van der Waals surface area contributed by atoms with Crippen molar-refractivity contribution in [3.8, 4) is 17.0 Å². The zero-order chi connectivity index (χ0) is 12.4. The van der Waals surface area contributed by atoms with Crippen molar-refractivity contribution >= 4 is 0 Å². The Morgan fingerprint density at radius 1 is 1.29 bits per heavy atom. The average molecular weight is 231 g/mol. The third kappa shape index (κ3) is 1.91. The summed E-state index contributed by atoms with van der Waals surface area (Å²) < 4.78 is 5.30. The molecule has 90 valence electrons. The minimum absolute atomic E-state index is 0.458. The first-order valence-corrected chi connectivity index (χ1v) is 5.56. The maximum Gasteiger partial charge on any atom is 0.122 e. The lowest BCUT2D eigenvalue weighted by atomic mass is 9.99. The maximum atomic E-state index is 5.68. The van der Waals surface area contributed by atoms with Gasteiger partial charge < -0.3 is 15.5 Å². The molecule has 2 rings (SSSR count). The molecule has 0 atom stereocenters. The van der Waals surface area contributed by atoms with Gasteiger partial charge in [-0.3, -0.25) is 0 Å². The van der Waals surface area contributed by atoms with Gasteiger partial charge in [0, 0.05) is 12.1 Å². The molecule has 17 heavy (non-hydrogen) atoms. The predicted octanol–water partition coefficient (Wildman–Crippen LogP) is 2.16. The van der Waals surface area contributed by atoms with Gasteiger partial charge in [0.15, 0.2) is 0 Å². The van der Waals surface area contributed by atoms with Crippen molar-refractivity contribution in [2.45, 2.75) is 20.4 Å². The number of methoxy groups -OCH3 is 1. The molecule has 0 radical (unpaired) electrons. The zero-order valence-corrected chi connectivity index (χ0v) is 10.4. The second-order valence-corrected chi connectivity index (χ2v) is 4.00. The molecule has 0 saturated carbocycles. The zero-order valence-electron chi connectivity index (χ0n) is 10.4. The highest BCUT2D eigenvalue weighted by molar-refractivity contribution is 5.68. The van der Waals surface area contributed by atoms with E-state index in [1.165, 1.54) is 5.56 Å². The van der Waals surface area contributed by atoms with Crippen molar-refractivity contribution in [1.82, 2.24) is 9.97 Å². The van der Waals surface area contributed by atoms with E-state index < -0.39 is 0 Å². The van der Waals surface area contributed by atoms with Crippen LogP contribution in [0.15, 0.2) is 18.5 Å². The Morgan fingerprint density at radius 2 is 2.06 bits per heavy atom. The summed E-state index contributed by atoms with van der Waals surface area (Å²) in [4.78, 5) is 7.40. The summed E-state index contributed by atoms with van der Waals surface area (Å²) in [5.74, 6) is 0.899. The van der Waals surface area contributed by atoms with Gasteiger partial charge in [-0.25, -0.2) is 4.98 Å². The lowest BCUT2D eigenvalue weighted by Gasteiger charge is -2.12. The molecule has 4 nitrogen and oxygen atoms in total. The van der Waals surface area contributed by atoms with Crippen molar-refractivity contribution < 1.29 is 4.74 Å². The van der Waals surface area contributed by atoms with Crippen LogP contribution in [0.4, 0.5) is 0 Å². The molecule has 1 aromatic carbocycles. The van der Waals surface area contributed by atoms with Crippen LogP contribution in [0, 0.1) is 13.8 Å². The minimum atomic E-state index is 0.458. The normalized spacial score (nSPS) is 10.6. The smallest absolute Gasteiger partial charge is 0.122 e. The Hall–Kier alpha value is -1.81. The van der Waals surface area contributed by atoms with Crippen molar-refractivity contribution in [2.24, 2.45) is 5.73 Å². The van der Waals surface area contributed by atoms with Crippen LogP contribution in [0.1, 0.15) is 16.8 Å². The Bertz CT molecular complexity index is 531. The fraction of sp³-hybridized carbons (Fsp3) is 0.308. The van der Waals surface area contributed by atoms with E-state index in [-0.39, 0.29) is 0 Å². The third-order valence-electron chi connectivity index (χ3n) is 3.13. The monoisotopic (exact) mass is 231 g/mol. The molecular formula is C13H17N3O. The molecule has 1 heterocycles. The van der Waals surface area contributed by atoms with E-state index >= 15 is 0 Å². The van der Waals surface area contributed by atoms with Crippen molar-refractivity contribution in [1.29, 1.82) is 0 Å². The number of ether oxygens (including phenoxy) is 1. The van der Waals surface area contributed by atoms with Gasteiger partial charge in [0.25, 0.3) is 0 Å². The predicted molar refractivity (Wildman–Crippen MR) is 67.9 cm³/mol. The molecule has 3 N–H and O–H groups in total. The number of hydrogen-bond acceptors (Lipinski definition) is 3. The van der Waals surface area contributed by atoms with Crippen LogP contribution in [0.5, 0.6) is 5.75 Å². The fourth-order valence-electron chi connectivity index (χ4n) is 1.98. The summed E-state index contributed by atoms with van der Waals surface area (Å²) in [5.41, 5.74) is 11.0. The Balaban J connectivity index is 2.57. The van der Waals surface area contributed by atoms with Crippen molar-refractivity contribution in [2.75, 3.05) is 7.11 Å². The lowest BCUT2D eigenvalue weighted by molar-refractivity contribution is 0.411. The van der Waals surface area contributed by atoms with E-state index in [2.05, 4.69) is 16.9 Å². The second kappa shape index (κ2) is 4.59. The lowest BCUT2D eigenvalue weighted by Crippen LogP contribution is -2.00. The number of rotatable bonds is 3. The number of hydrogen-bond donors (Lipinski definition) is 2. The number of H-pyrrole nitrogens is 1. The number of benzene rings is 1. The summed E-state index contributed by atoms with van der Waals surface area (Å²) in [5, 5.41) is 0. The van der Waals surface area contributed by atoms with Crippen LogP contribution >= 0.6 is 0 Å². The summed E-state index contributed by atoms with van der Waals surface area (Å²) in [6, 6.07) is 3.99. The summed E-state index contributed by atoms with van der Waals surface area (Å²) in [6.45, 7) is 4.58. The van der Waals surface area contributed by atoms with Gasteiger partial charge in [0.2, 0.25) is 0 Å². The molecule has 0 aliphatic heterocycles. The van der Waals surface area contributed by atoms with Crippen molar-refractivity contribution in [3.63, 3.8) is 0 Å². The van der Waals surface area contributed by atoms with Gasteiger partial charge in [0.1, 0.15) is 5.75 Å². The summed E-state index contributed by atoms with van der Waals surface area (Å²) in [6.07, 6.45) is 1.68. The molecule has 0 bridgehead atoms. The topological polar surface area (TPSA) is 63.9 Å². The van der Waals surface area contributed by atoms with E-state index in [1.54, 1.807) is 13.4 Å². The van der Waals surface area contributed by atoms with Gasteiger partial charge in [-0.05, 0) is 37.1 Å². The van der Waals surface area contributed by atoms with Crippen LogP contribution in [0.2, 0.25) is 0 Å². The number of nitrogens with zero attached hydrogens (tertiary/aromatic N) is 1. The second-order valence-electron chi connectivity index (χ2n) is 4.00. The van der Waals surface area contributed by atoms with Crippen LogP contribution in [-0.2, 0) is 6.54 Å². The summed E-state index contributed by atoms with van der Waals surface area (Å²) in [7, 11) is 1.68. The van der Waals surface area contributed by atoms with Crippen LogP contribution < -0.4 is 10.5 Å². The van der Waals surface area contributed by atoms with Gasteiger partial charge in [0.05, 0.1) is 24.8 Å². The van der Waals surface area contributed by atoms with E-state index in [0.29, 0.717) is 6.54 Å². The first-order chi connectivity index (χ1) is 8.19. The highest BCUT2D eigenvalue weighted by Crippen LogP contribution is 2.31. The molecule has 2 aromatic rings. The molecule has 0 fully saturated rings. The number of nitrogens with two attached hydrogens (primary N) is 1. The molecule has 0 aliphatic rings. The number of aromatic amines is 1. The molecule has 0 saturated heterocycles. The third-order valence-corrected chi connectivity index (χ3v) is 3.13. The van der Waals surface area contributed by atoms with Gasteiger partial charge in [-0.1, -0.05) is 0 Å². The molecule has 0 aliphatic carbocycles. The molecule has 1 aromatic heterocycles. The number of imidazole rings is 1. The van der Waals surface area contributed by atoms with Crippen molar-refractivity contribution in [3.05, 3.63) is 35.3 Å². The average Bonchev–Trinajstić information content (AvgIpc) is 2.80. The standard InChI is InChI=1S/C13H17N3O/c1-8-9(2)12(17-3)5-4-10(8)13-11(6-14)15-7-16-13/h4-5,7H,6,14H2,1-3H3,(H,15,16). The van der Waals surface area contributed by atoms with Crippen LogP contribution in [-0.4, -0.2) is 17.1 Å². The van der Waals surface area contributed by atoms with E-state index in [4.69, 9.17) is 10.5 Å².